The highest BCUT2D eigenvalue weighted by atomic mass is 35.5. The summed E-state index contributed by atoms with van der Waals surface area (Å²) in [4.78, 5) is 31.2. The van der Waals surface area contributed by atoms with E-state index in [0.29, 0.717) is 27.7 Å². The van der Waals surface area contributed by atoms with Crippen molar-refractivity contribution in [3.05, 3.63) is 94.0 Å². The van der Waals surface area contributed by atoms with Crippen molar-refractivity contribution in [1.29, 1.82) is 0 Å². The maximum atomic E-state index is 13.5. The molecule has 0 aliphatic heterocycles. The van der Waals surface area contributed by atoms with Crippen LogP contribution in [0.5, 0.6) is 0 Å². The number of aryl methyl sites for hydroxylation is 1. The van der Waals surface area contributed by atoms with E-state index in [2.05, 4.69) is 51.4 Å². The highest BCUT2D eigenvalue weighted by Crippen LogP contribution is 2.34. The van der Waals surface area contributed by atoms with Gasteiger partial charge in [0.1, 0.15) is 11.5 Å². The molecule has 3 aromatic heterocycles. The summed E-state index contributed by atoms with van der Waals surface area (Å²) < 4.78 is 1.54. The van der Waals surface area contributed by atoms with Crippen LogP contribution in [0.15, 0.2) is 77.9 Å². The molecule has 0 atom stereocenters. The lowest BCUT2D eigenvalue weighted by atomic mass is 10.0. The van der Waals surface area contributed by atoms with Gasteiger partial charge in [0, 0.05) is 72.9 Å². The van der Waals surface area contributed by atoms with E-state index in [-0.39, 0.29) is 5.56 Å². The predicted molar refractivity (Wildman–Crippen MR) is 165 cm³/mol. The predicted octanol–water partition coefficient (Wildman–Crippen LogP) is 5.62. The molecule has 0 bridgehead atoms. The second kappa shape index (κ2) is 11.5. The molecule has 0 aliphatic carbocycles. The van der Waals surface area contributed by atoms with Crippen molar-refractivity contribution >= 4 is 40.1 Å². The van der Waals surface area contributed by atoms with E-state index in [9.17, 15) is 4.79 Å². The summed E-state index contributed by atoms with van der Waals surface area (Å²) in [6.45, 7) is 0.994. The Hall–Kier alpha value is -4.27. The van der Waals surface area contributed by atoms with Crippen LogP contribution in [-0.2, 0) is 13.5 Å². The number of nitrogens with zero attached hydrogens (tertiary/aromatic N) is 6. The SMILES string of the molecule is CN(C)CCc1ccc(Nc2ncc3cc(-c4ccc(-c5cccnc5N(C)C)cc4Cl)c(=O)n(C)c3n2)cc1. The van der Waals surface area contributed by atoms with Crippen LogP contribution in [0.2, 0.25) is 5.02 Å². The fourth-order valence-corrected chi connectivity index (χ4v) is 4.90. The average Bonchev–Trinajstić information content (AvgIpc) is 2.95. The van der Waals surface area contributed by atoms with Crippen molar-refractivity contribution in [1.82, 2.24) is 24.4 Å². The van der Waals surface area contributed by atoms with Gasteiger partial charge in [0.25, 0.3) is 5.56 Å². The average molecular weight is 554 g/mol. The van der Waals surface area contributed by atoms with Gasteiger partial charge in [0.2, 0.25) is 5.95 Å². The summed E-state index contributed by atoms with van der Waals surface area (Å²) in [5.74, 6) is 1.27. The topological polar surface area (TPSA) is 79.2 Å². The van der Waals surface area contributed by atoms with Crippen molar-refractivity contribution in [3.8, 4) is 22.3 Å². The van der Waals surface area contributed by atoms with Crippen LogP contribution in [0.3, 0.4) is 0 Å². The summed E-state index contributed by atoms with van der Waals surface area (Å²) >= 11 is 6.76. The molecule has 1 N–H and O–H groups in total. The minimum Gasteiger partial charge on any atom is -0.362 e. The first-order valence-corrected chi connectivity index (χ1v) is 13.4. The Kier molecular flexibility index (Phi) is 7.82. The molecule has 0 amide bonds. The van der Waals surface area contributed by atoms with Gasteiger partial charge in [-0.3, -0.25) is 9.36 Å². The largest absolute Gasteiger partial charge is 0.362 e. The van der Waals surface area contributed by atoms with E-state index in [4.69, 9.17) is 11.6 Å². The molecule has 0 fully saturated rings. The molecular weight excluding hydrogens is 522 g/mol. The van der Waals surface area contributed by atoms with Gasteiger partial charge in [-0.05, 0) is 68.0 Å². The first-order chi connectivity index (χ1) is 19.2. The highest BCUT2D eigenvalue weighted by Gasteiger charge is 2.16. The number of hydrogen-bond donors (Lipinski definition) is 1. The summed E-state index contributed by atoms with van der Waals surface area (Å²) in [5.41, 5.74) is 5.52. The lowest BCUT2D eigenvalue weighted by Crippen LogP contribution is -2.20. The van der Waals surface area contributed by atoms with Crippen LogP contribution in [-0.4, -0.2) is 59.2 Å². The molecule has 2 aromatic carbocycles. The number of likely N-dealkylation sites (N-methyl/N-ethyl adjacent to an activating group) is 1. The number of hydrogen-bond acceptors (Lipinski definition) is 7. The number of benzene rings is 2. The number of fused-ring (bicyclic) bond motifs is 1. The van der Waals surface area contributed by atoms with Gasteiger partial charge in [-0.1, -0.05) is 35.9 Å². The van der Waals surface area contributed by atoms with Crippen LogP contribution in [0, 0.1) is 0 Å². The fourth-order valence-electron chi connectivity index (χ4n) is 4.62. The van der Waals surface area contributed by atoms with Crippen LogP contribution >= 0.6 is 11.6 Å². The lowest BCUT2D eigenvalue weighted by molar-refractivity contribution is 0.413. The smallest absolute Gasteiger partial charge is 0.259 e. The molecule has 3 heterocycles. The number of anilines is 3. The second-order valence-electron chi connectivity index (χ2n) is 10.2. The zero-order valence-electron chi connectivity index (χ0n) is 23.3. The third-order valence-electron chi connectivity index (χ3n) is 6.79. The maximum Gasteiger partial charge on any atom is 0.259 e. The van der Waals surface area contributed by atoms with Crippen molar-refractivity contribution < 1.29 is 0 Å². The van der Waals surface area contributed by atoms with Gasteiger partial charge >= 0.3 is 0 Å². The number of pyridine rings is 2. The van der Waals surface area contributed by atoms with E-state index in [1.54, 1.807) is 25.5 Å². The van der Waals surface area contributed by atoms with E-state index in [1.807, 2.05) is 61.5 Å². The molecule has 0 saturated heterocycles. The van der Waals surface area contributed by atoms with E-state index < -0.39 is 0 Å². The Labute approximate surface area is 238 Å². The molecule has 9 heteroatoms. The molecule has 0 saturated carbocycles. The van der Waals surface area contributed by atoms with Gasteiger partial charge < -0.3 is 15.1 Å². The van der Waals surface area contributed by atoms with Gasteiger partial charge in [-0.25, -0.2) is 9.97 Å². The molecule has 0 aliphatic rings. The first kappa shape index (κ1) is 27.3. The van der Waals surface area contributed by atoms with Gasteiger partial charge in [-0.15, -0.1) is 0 Å². The molecular formula is C31H32ClN7O. The van der Waals surface area contributed by atoms with E-state index >= 15 is 0 Å². The Morgan fingerprint density at radius 2 is 1.70 bits per heavy atom. The van der Waals surface area contributed by atoms with Crippen LogP contribution in [0.4, 0.5) is 17.5 Å². The zero-order valence-corrected chi connectivity index (χ0v) is 24.1. The number of aromatic nitrogens is 4. The Balaban J connectivity index is 1.44. The summed E-state index contributed by atoms with van der Waals surface area (Å²) in [6.07, 6.45) is 4.47. The minimum atomic E-state index is -0.188. The normalized spacial score (nSPS) is 11.3. The molecule has 8 nitrogen and oxygen atoms in total. The standard InChI is InChI=1S/C31H32ClN7O/c1-37(2)16-14-20-8-11-23(12-9-20)35-31-34-19-22-17-26(30(40)39(5)28(22)36-31)25-13-10-21(18-27(25)32)24-7-6-15-33-29(24)38(3)4/h6-13,15,17-19H,14,16H2,1-5H3,(H,34,35,36). The molecule has 5 rings (SSSR count). The summed E-state index contributed by atoms with van der Waals surface area (Å²) in [6, 6.07) is 19.6. The van der Waals surface area contributed by atoms with Gasteiger partial charge in [0.05, 0.1) is 0 Å². The van der Waals surface area contributed by atoms with Crippen molar-refractivity contribution in [2.24, 2.45) is 7.05 Å². The second-order valence-corrected chi connectivity index (χ2v) is 10.6. The van der Waals surface area contributed by atoms with E-state index in [0.717, 1.165) is 41.0 Å². The molecule has 204 valence electrons. The fraction of sp³-hybridized carbons (Fsp3) is 0.226. The molecule has 40 heavy (non-hydrogen) atoms. The molecule has 5 aromatic rings. The van der Waals surface area contributed by atoms with Crippen molar-refractivity contribution in [3.63, 3.8) is 0 Å². The van der Waals surface area contributed by atoms with Gasteiger partial charge in [0.15, 0.2) is 0 Å². The number of rotatable bonds is 8. The zero-order chi connectivity index (χ0) is 28.4. The van der Waals surface area contributed by atoms with Crippen LogP contribution in [0.1, 0.15) is 5.56 Å². The Morgan fingerprint density at radius 1 is 0.925 bits per heavy atom. The van der Waals surface area contributed by atoms with Gasteiger partial charge in [-0.2, -0.15) is 4.98 Å². The Bertz CT molecular complexity index is 1730. The lowest BCUT2D eigenvalue weighted by Gasteiger charge is -2.17. The number of halogens is 1. The minimum absolute atomic E-state index is 0.188. The van der Waals surface area contributed by atoms with Crippen molar-refractivity contribution in [2.75, 3.05) is 45.0 Å². The van der Waals surface area contributed by atoms with Crippen LogP contribution < -0.4 is 15.8 Å². The molecule has 0 radical (unpaired) electrons. The Morgan fingerprint density at radius 3 is 2.40 bits per heavy atom. The summed E-state index contributed by atoms with van der Waals surface area (Å²) in [5, 5.41) is 4.47. The quantitative estimate of drug-likeness (QED) is 0.267. The summed E-state index contributed by atoms with van der Waals surface area (Å²) in [7, 11) is 9.75. The monoisotopic (exact) mass is 553 g/mol. The molecule has 0 unspecified atom stereocenters. The molecule has 0 spiro atoms. The first-order valence-electron chi connectivity index (χ1n) is 13.0. The maximum absolute atomic E-state index is 13.5. The van der Waals surface area contributed by atoms with Crippen LogP contribution in [0.25, 0.3) is 33.3 Å². The highest BCUT2D eigenvalue weighted by molar-refractivity contribution is 6.33. The van der Waals surface area contributed by atoms with E-state index in [1.165, 1.54) is 10.1 Å². The third kappa shape index (κ3) is 5.68. The third-order valence-corrected chi connectivity index (χ3v) is 7.10. The van der Waals surface area contributed by atoms with Crippen molar-refractivity contribution in [2.45, 2.75) is 6.42 Å². The number of nitrogens with one attached hydrogen (secondary N) is 1.